The number of hydrogen-bond donors (Lipinski definition) is 0. The van der Waals surface area contributed by atoms with E-state index in [0.29, 0.717) is 11.6 Å². The summed E-state index contributed by atoms with van der Waals surface area (Å²) in [4.78, 5) is 0. The fourth-order valence-corrected chi connectivity index (χ4v) is 4.14. The third-order valence-electron chi connectivity index (χ3n) is 5.56. The van der Waals surface area contributed by atoms with Crippen molar-refractivity contribution in [3.05, 3.63) is 70.5 Å². The van der Waals surface area contributed by atoms with Crippen LogP contribution in [-0.4, -0.2) is 23.5 Å². The Labute approximate surface area is 191 Å². The maximum atomic E-state index is 6.23. The van der Waals surface area contributed by atoms with Crippen molar-refractivity contribution in [2.75, 3.05) is 13.7 Å². The Kier molecular flexibility index (Phi) is 8.84. The predicted molar refractivity (Wildman–Crippen MR) is 128 cm³/mol. The summed E-state index contributed by atoms with van der Waals surface area (Å²) >= 11 is 6.23. The first-order valence-electron chi connectivity index (χ1n) is 11.3. The average Bonchev–Trinajstić information content (AvgIpc) is 3.17. The van der Waals surface area contributed by atoms with E-state index in [1.807, 2.05) is 18.2 Å². The van der Waals surface area contributed by atoms with E-state index in [2.05, 4.69) is 42.8 Å². The molecule has 5 heteroatoms. The van der Waals surface area contributed by atoms with Crippen molar-refractivity contribution in [1.82, 2.24) is 9.78 Å². The van der Waals surface area contributed by atoms with Crippen LogP contribution in [-0.2, 0) is 19.3 Å². The van der Waals surface area contributed by atoms with Crippen LogP contribution in [0.3, 0.4) is 0 Å². The Bertz CT molecular complexity index is 954. The molecule has 0 spiro atoms. The summed E-state index contributed by atoms with van der Waals surface area (Å²) in [5, 5.41) is 5.52. The monoisotopic (exact) mass is 440 g/mol. The van der Waals surface area contributed by atoms with Crippen LogP contribution in [0.25, 0.3) is 5.69 Å². The Morgan fingerprint density at radius 1 is 0.935 bits per heavy atom. The van der Waals surface area contributed by atoms with Gasteiger partial charge in [-0.3, -0.25) is 0 Å². The molecular weight excluding hydrogens is 408 g/mol. The average molecular weight is 441 g/mol. The summed E-state index contributed by atoms with van der Waals surface area (Å²) in [6.07, 6.45) is 7.57. The molecular formula is C26H33ClN2O2. The van der Waals surface area contributed by atoms with Gasteiger partial charge in [-0.2, -0.15) is 5.10 Å². The molecule has 2 aromatic carbocycles. The van der Waals surface area contributed by atoms with Gasteiger partial charge in [0, 0.05) is 11.8 Å². The Balaban J connectivity index is 1.48. The van der Waals surface area contributed by atoms with Crippen LogP contribution in [0.2, 0.25) is 5.02 Å². The minimum atomic E-state index is 0.592. The molecule has 0 N–H and O–H groups in total. The molecule has 31 heavy (non-hydrogen) atoms. The van der Waals surface area contributed by atoms with Gasteiger partial charge in [0.25, 0.3) is 0 Å². The Morgan fingerprint density at radius 2 is 1.71 bits per heavy atom. The van der Waals surface area contributed by atoms with Crippen molar-refractivity contribution >= 4 is 11.6 Å². The number of rotatable bonds is 12. The summed E-state index contributed by atoms with van der Waals surface area (Å²) in [5.74, 6) is 1.46. The molecule has 1 aromatic heterocycles. The molecule has 3 aromatic rings. The summed E-state index contributed by atoms with van der Waals surface area (Å²) in [6, 6.07) is 16.0. The highest BCUT2D eigenvalue weighted by Gasteiger charge is 2.16. The second kappa shape index (κ2) is 11.8. The number of halogens is 1. The number of benzene rings is 2. The lowest BCUT2D eigenvalue weighted by Crippen LogP contribution is -2.02. The molecule has 0 saturated carbocycles. The van der Waals surface area contributed by atoms with Crippen LogP contribution in [0.1, 0.15) is 56.5 Å². The molecule has 0 radical (unpaired) electrons. The maximum absolute atomic E-state index is 6.23. The van der Waals surface area contributed by atoms with E-state index in [9.17, 15) is 0 Å². The summed E-state index contributed by atoms with van der Waals surface area (Å²) < 4.78 is 13.1. The largest absolute Gasteiger partial charge is 0.497 e. The second-order valence-electron chi connectivity index (χ2n) is 7.64. The third kappa shape index (κ3) is 6.04. The fraction of sp³-hybridized carbons (Fsp3) is 0.423. The van der Waals surface area contributed by atoms with Gasteiger partial charge < -0.3 is 9.47 Å². The number of aromatic nitrogens is 2. The van der Waals surface area contributed by atoms with E-state index in [1.165, 1.54) is 29.8 Å². The molecule has 166 valence electrons. The molecule has 0 aliphatic heterocycles. The maximum Gasteiger partial charge on any atom is 0.138 e. The Morgan fingerprint density at radius 3 is 2.39 bits per heavy atom. The van der Waals surface area contributed by atoms with E-state index < -0.39 is 0 Å². The van der Waals surface area contributed by atoms with Crippen LogP contribution in [0, 0.1) is 0 Å². The quantitative estimate of drug-likeness (QED) is 0.289. The first kappa shape index (κ1) is 23.2. The molecule has 4 nitrogen and oxygen atoms in total. The minimum absolute atomic E-state index is 0.592. The van der Waals surface area contributed by atoms with Gasteiger partial charge in [0.2, 0.25) is 0 Å². The first-order valence-corrected chi connectivity index (χ1v) is 11.7. The molecule has 0 unspecified atom stereocenters. The molecule has 1 heterocycles. The van der Waals surface area contributed by atoms with Gasteiger partial charge in [0.15, 0.2) is 0 Å². The van der Waals surface area contributed by atoms with E-state index in [-0.39, 0.29) is 0 Å². The van der Waals surface area contributed by atoms with Crippen molar-refractivity contribution in [2.24, 2.45) is 0 Å². The van der Waals surface area contributed by atoms with Crippen LogP contribution >= 0.6 is 11.6 Å². The lowest BCUT2D eigenvalue weighted by molar-refractivity contribution is 0.304. The lowest BCUT2D eigenvalue weighted by atomic mass is 10.0. The van der Waals surface area contributed by atoms with Gasteiger partial charge >= 0.3 is 0 Å². The zero-order valence-electron chi connectivity index (χ0n) is 18.9. The van der Waals surface area contributed by atoms with Crippen LogP contribution < -0.4 is 9.47 Å². The van der Waals surface area contributed by atoms with Gasteiger partial charge in [-0.05, 0) is 61.9 Å². The highest BCUT2D eigenvalue weighted by atomic mass is 35.5. The number of hydrogen-bond acceptors (Lipinski definition) is 3. The Hall–Kier alpha value is -2.46. The molecule has 0 fully saturated rings. The van der Waals surface area contributed by atoms with Gasteiger partial charge in [0.05, 0.1) is 30.1 Å². The van der Waals surface area contributed by atoms with E-state index >= 15 is 0 Å². The number of unbranched alkanes of at least 4 members (excludes halogenated alkanes) is 3. The van der Waals surface area contributed by atoms with Gasteiger partial charge in [-0.25, -0.2) is 4.68 Å². The van der Waals surface area contributed by atoms with Crippen LogP contribution in [0.15, 0.2) is 48.5 Å². The van der Waals surface area contributed by atoms with Crippen LogP contribution in [0.5, 0.6) is 11.5 Å². The number of para-hydroxylation sites is 1. The van der Waals surface area contributed by atoms with Gasteiger partial charge in [-0.15, -0.1) is 0 Å². The van der Waals surface area contributed by atoms with Crippen molar-refractivity contribution in [3.63, 3.8) is 0 Å². The van der Waals surface area contributed by atoms with Crippen molar-refractivity contribution in [3.8, 4) is 17.2 Å². The van der Waals surface area contributed by atoms with Crippen molar-refractivity contribution in [2.45, 2.75) is 58.8 Å². The first-order chi connectivity index (χ1) is 15.2. The smallest absolute Gasteiger partial charge is 0.138 e. The molecule has 0 bridgehead atoms. The fourth-order valence-electron chi connectivity index (χ4n) is 3.92. The molecule has 3 rings (SSSR count). The molecule has 0 atom stereocenters. The highest BCUT2D eigenvalue weighted by molar-refractivity contribution is 6.32. The van der Waals surface area contributed by atoms with Crippen molar-refractivity contribution in [1.29, 1.82) is 0 Å². The normalized spacial score (nSPS) is 11.0. The van der Waals surface area contributed by atoms with E-state index in [1.54, 1.807) is 13.2 Å². The predicted octanol–water partition coefficient (Wildman–Crippen LogP) is 6.84. The summed E-state index contributed by atoms with van der Waals surface area (Å²) in [5.41, 5.74) is 5.17. The highest BCUT2D eigenvalue weighted by Crippen LogP contribution is 2.29. The lowest BCUT2D eigenvalue weighted by Gasteiger charge is -2.10. The van der Waals surface area contributed by atoms with E-state index in [0.717, 1.165) is 49.3 Å². The zero-order chi connectivity index (χ0) is 22.1. The number of ether oxygens (including phenoxy) is 2. The van der Waals surface area contributed by atoms with Gasteiger partial charge in [-0.1, -0.05) is 56.5 Å². The topological polar surface area (TPSA) is 36.3 Å². The third-order valence-corrected chi connectivity index (χ3v) is 5.86. The van der Waals surface area contributed by atoms with Gasteiger partial charge in [0.1, 0.15) is 11.5 Å². The molecule has 0 amide bonds. The summed E-state index contributed by atoms with van der Waals surface area (Å²) in [7, 11) is 1.63. The van der Waals surface area contributed by atoms with E-state index in [4.69, 9.17) is 26.2 Å². The molecule has 0 aliphatic rings. The van der Waals surface area contributed by atoms with Crippen molar-refractivity contribution < 1.29 is 9.47 Å². The zero-order valence-corrected chi connectivity index (χ0v) is 19.6. The molecule has 0 saturated heterocycles. The minimum Gasteiger partial charge on any atom is -0.497 e. The molecule has 0 aliphatic carbocycles. The van der Waals surface area contributed by atoms with Crippen LogP contribution in [0.4, 0.5) is 0 Å². The number of methoxy groups -OCH3 is 1. The SMILES string of the molecule is CCc1nn(-c2ccccc2)c(CC)c1CCCCCCOc1ccc(OC)cc1Cl. The number of aryl methyl sites for hydroxylation is 1. The second-order valence-corrected chi connectivity index (χ2v) is 8.04. The number of nitrogens with zero attached hydrogens (tertiary/aromatic N) is 2. The standard InChI is InChI=1S/C26H33ClN2O2/c1-4-24-22(25(5-2)29(28-24)20-13-9-8-10-14-20)15-11-6-7-12-18-31-26-17-16-21(30-3)19-23(26)27/h8-10,13-14,16-17,19H,4-7,11-12,15,18H2,1-3H3. The summed E-state index contributed by atoms with van der Waals surface area (Å²) in [6.45, 7) is 5.10.